The molecule has 18 heavy (non-hydrogen) atoms. The molecule has 3 nitrogen and oxygen atoms in total. The van der Waals surface area contributed by atoms with Gasteiger partial charge in [-0.2, -0.15) is 0 Å². The van der Waals surface area contributed by atoms with Gasteiger partial charge in [0.1, 0.15) is 11.6 Å². The molecular weight excluding hydrogens is 233 g/mol. The highest BCUT2D eigenvalue weighted by atomic mass is 19.1. The summed E-state index contributed by atoms with van der Waals surface area (Å²) in [5.74, 6) is -1.11. The molecule has 100 valence electrons. The zero-order valence-electron chi connectivity index (χ0n) is 11.5. The van der Waals surface area contributed by atoms with Crippen LogP contribution in [0.1, 0.15) is 38.1 Å². The van der Waals surface area contributed by atoms with Gasteiger partial charge in [-0.1, -0.05) is 20.8 Å². The van der Waals surface area contributed by atoms with Crippen LogP contribution < -0.4 is 0 Å². The van der Waals surface area contributed by atoms with Gasteiger partial charge in [-0.3, -0.25) is 4.79 Å². The number of amides is 1. The Bertz CT molecular complexity index is 452. The summed E-state index contributed by atoms with van der Waals surface area (Å²) in [6.45, 7) is 7.99. The monoisotopic (exact) mass is 253 g/mol. The van der Waals surface area contributed by atoms with Crippen molar-refractivity contribution in [1.29, 1.82) is 0 Å². The van der Waals surface area contributed by atoms with Gasteiger partial charge < -0.3 is 10.0 Å². The molecule has 1 atom stereocenters. The lowest BCUT2D eigenvalue weighted by molar-refractivity contribution is 0.0625. The lowest BCUT2D eigenvalue weighted by Gasteiger charge is -2.35. The van der Waals surface area contributed by atoms with E-state index in [0.717, 1.165) is 12.1 Å². The van der Waals surface area contributed by atoms with E-state index in [2.05, 4.69) is 0 Å². The van der Waals surface area contributed by atoms with E-state index in [1.807, 2.05) is 27.7 Å². The number of hydrogen-bond donors (Lipinski definition) is 1. The van der Waals surface area contributed by atoms with Gasteiger partial charge in [0.2, 0.25) is 0 Å². The summed E-state index contributed by atoms with van der Waals surface area (Å²) in [5, 5.41) is 9.62. The maximum atomic E-state index is 13.1. The predicted molar refractivity (Wildman–Crippen MR) is 69.1 cm³/mol. The molecular formula is C14H20FNO2. The normalized spacial score (nSPS) is 13.2. The topological polar surface area (TPSA) is 40.5 Å². The highest BCUT2D eigenvalue weighted by Gasteiger charge is 2.28. The van der Waals surface area contributed by atoms with E-state index in [4.69, 9.17) is 0 Å². The first-order chi connectivity index (χ1) is 8.14. The van der Waals surface area contributed by atoms with Crippen LogP contribution in [-0.4, -0.2) is 29.0 Å². The van der Waals surface area contributed by atoms with Crippen molar-refractivity contribution in [3.8, 4) is 5.75 Å². The minimum atomic E-state index is -0.534. The molecule has 0 radical (unpaired) electrons. The van der Waals surface area contributed by atoms with Gasteiger partial charge in [0, 0.05) is 13.1 Å². The zero-order valence-corrected chi connectivity index (χ0v) is 11.5. The fourth-order valence-corrected chi connectivity index (χ4v) is 1.63. The average molecular weight is 253 g/mol. The molecule has 0 aliphatic carbocycles. The Kier molecular flexibility index (Phi) is 3.99. The van der Waals surface area contributed by atoms with E-state index in [0.29, 0.717) is 0 Å². The number of carbonyl (C=O) groups is 1. The van der Waals surface area contributed by atoms with Gasteiger partial charge >= 0.3 is 0 Å². The van der Waals surface area contributed by atoms with Gasteiger partial charge in [0.15, 0.2) is 0 Å². The predicted octanol–water partition coefficient (Wildman–Crippen LogP) is 3.04. The first kappa shape index (κ1) is 14.5. The van der Waals surface area contributed by atoms with E-state index in [1.54, 1.807) is 7.05 Å². The molecule has 0 aliphatic rings. The molecule has 1 N–H and O–H groups in total. The van der Waals surface area contributed by atoms with E-state index >= 15 is 0 Å². The molecule has 0 fully saturated rings. The zero-order chi connectivity index (χ0) is 14.1. The van der Waals surface area contributed by atoms with Gasteiger partial charge in [-0.25, -0.2) is 4.39 Å². The van der Waals surface area contributed by atoms with Crippen LogP contribution in [0.2, 0.25) is 0 Å². The third-order valence-corrected chi connectivity index (χ3v) is 3.34. The second-order valence-electron chi connectivity index (χ2n) is 5.62. The maximum Gasteiger partial charge on any atom is 0.257 e. The van der Waals surface area contributed by atoms with Gasteiger partial charge in [0.05, 0.1) is 5.56 Å². The number of halogens is 1. The Morgan fingerprint density at radius 1 is 1.39 bits per heavy atom. The van der Waals surface area contributed by atoms with Crippen molar-refractivity contribution in [3.05, 3.63) is 29.6 Å². The minimum Gasteiger partial charge on any atom is -0.507 e. The summed E-state index contributed by atoms with van der Waals surface area (Å²) in [6.07, 6.45) is 0. The number of carbonyl (C=O) groups excluding carboxylic acids is 1. The standard InChI is InChI=1S/C14H20FNO2/c1-9(14(2,3)4)16(5)13(18)11-8-10(15)6-7-12(11)17/h6-9,17H,1-5H3. The van der Waals surface area contributed by atoms with Gasteiger partial charge in [0.25, 0.3) is 5.91 Å². The quantitative estimate of drug-likeness (QED) is 0.880. The largest absolute Gasteiger partial charge is 0.507 e. The van der Waals surface area contributed by atoms with Crippen LogP contribution >= 0.6 is 0 Å². The molecule has 4 heteroatoms. The Labute approximate surface area is 107 Å². The number of phenolic OH excluding ortho intramolecular Hbond substituents is 1. The molecule has 1 aromatic rings. The summed E-state index contributed by atoms with van der Waals surface area (Å²) >= 11 is 0. The molecule has 1 unspecified atom stereocenters. The highest BCUT2D eigenvalue weighted by molar-refractivity contribution is 5.96. The van der Waals surface area contributed by atoms with Crippen molar-refractivity contribution in [3.63, 3.8) is 0 Å². The summed E-state index contributed by atoms with van der Waals surface area (Å²) in [4.78, 5) is 13.7. The number of nitrogens with zero attached hydrogens (tertiary/aromatic N) is 1. The molecule has 0 aromatic heterocycles. The van der Waals surface area contributed by atoms with Crippen molar-refractivity contribution in [2.24, 2.45) is 5.41 Å². The van der Waals surface area contributed by atoms with Crippen molar-refractivity contribution >= 4 is 5.91 Å². The molecule has 1 amide bonds. The Morgan fingerprint density at radius 3 is 2.44 bits per heavy atom. The summed E-state index contributed by atoms with van der Waals surface area (Å²) in [5.41, 5.74) is -0.0959. The number of aromatic hydroxyl groups is 1. The number of benzene rings is 1. The van der Waals surface area contributed by atoms with E-state index < -0.39 is 5.82 Å². The lowest BCUT2D eigenvalue weighted by atomic mass is 9.87. The number of hydrogen-bond acceptors (Lipinski definition) is 2. The third kappa shape index (κ3) is 3.00. The van der Waals surface area contributed by atoms with Crippen LogP contribution in [-0.2, 0) is 0 Å². The smallest absolute Gasteiger partial charge is 0.257 e. The number of phenols is 1. The van der Waals surface area contributed by atoms with Crippen LogP contribution in [0.5, 0.6) is 5.75 Å². The first-order valence-corrected chi connectivity index (χ1v) is 5.90. The van der Waals surface area contributed by atoms with Crippen molar-refractivity contribution in [2.75, 3.05) is 7.05 Å². The number of rotatable bonds is 2. The SMILES string of the molecule is CC(N(C)C(=O)c1cc(F)ccc1O)C(C)(C)C. The molecule has 0 saturated heterocycles. The lowest BCUT2D eigenvalue weighted by Crippen LogP contribution is -2.43. The fourth-order valence-electron chi connectivity index (χ4n) is 1.63. The minimum absolute atomic E-state index is 0.00593. The van der Waals surface area contributed by atoms with Crippen molar-refractivity contribution in [2.45, 2.75) is 33.7 Å². The Balaban J connectivity index is 3.04. The molecule has 0 aliphatic heterocycles. The van der Waals surface area contributed by atoms with Crippen LogP contribution in [0.15, 0.2) is 18.2 Å². The van der Waals surface area contributed by atoms with Crippen molar-refractivity contribution < 1.29 is 14.3 Å². The van der Waals surface area contributed by atoms with E-state index in [9.17, 15) is 14.3 Å². The van der Waals surface area contributed by atoms with Gasteiger partial charge in [-0.05, 0) is 30.5 Å². The second kappa shape index (κ2) is 4.96. The summed E-state index contributed by atoms with van der Waals surface area (Å²) in [7, 11) is 1.66. The highest BCUT2D eigenvalue weighted by Crippen LogP contribution is 2.26. The van der Waals surface area contributed by atoms with Gasteiger partial charge in [-0.15, -0.1) is 0 Å². The second-order valence-corrected chi connectivity index (χ2v) is 5.62. The van der Waals surface area contributed by atoms with Crippen LogP contribution in [0, 0.1) is 11.2 Å². The third-order valence-electron chi connectivity index (χ3n) is 3.34. The van der Waals surface area contributed by atoms with Crippen molar-refractivity contribution in [1.82, 2.24) is 4.90 Å². The molecule has 0 heterocycles. The molecule has 0 saturated carbocycles. The average Bonchev–Trinajstić information content (AvgIpc) is 2.28. The fraction of sp³-hybridized carbons (Fsp3) is 0.500. The van der Waals surface area contributed by atoms with E-state index in [-0.39, 0.29) is 28.7 Å². The van der Waals surface area contributed by atoms with E-state index in [1.165, 1.54) is 11.0 Å². The van der Waals surface area contributed by atoms with Crippen LogP contribution in [0.25, 0.3) is 0 Å². The first-order valence-electron chi connectivity index (χ1n) is 5.90. The van der Waals surface area contributed by atoms with Crippen LogP contribution in [0.3, 0.4) is 0 Å². The molecule has 1 rings (SSSR count). The summed E-state index contributed by atoms with van der Waals surface area (Å²) < 4.78 is 13.1. The summed E-state index contributed by atoms with van der Waals surface area (Å²) in [6, 6.07) is 3.34. The maximum absolute atomic E-state index is 13.1. The Hall–Kier alpha value is -1.58. The molecule has 0 spiro atoms. The Morgan fingerprint density at radius 2 is 1.94 bits per heavy atom. The molecule has 1 aromatic carbocycles. The van der Waals surface area contributed by atoms with Crippen LogP contribution in [0.4, 0.5) is 4.39 Å². The molecule has 0 bridgehead atoms.